The van der Waals surface area contributed by atoms with E-state index in [1.54, 1.807) is 0 Å². The van der Waals surface area contributed by atoms with Crippen LogP contribution in [0.4, 0.5) is 17.1 Å². The molecule has 0 unspecified atom stereocenters. The lowest BCUT2D eigenvalue weighted by Crippen LogP contribution is -2.11. The van der Waals surface area contributed by atoms with E-state index >= 15 is 0 Å². The molecule has 0 aliphatic heterocycles. The second-order valence-corrected chi connectivity index (χ2v) is 14.9. The van der Waals surface area contributed by atoms with Crippen LogP contribution < -0.4 is 4.90 Å². The average molecular weight is 740 g/mol. The molecule has 0 spiro atoms. The number of benzene rings is 10. The highest BCUT2D eigenvalue weighted by Gasteiger charge is 2.20. The summed E-state index contributed by atoms with van der Waals surface area (Å²) in [4.78, 5) is 2.41. The highest BCUT2D eigenvalue weighted by Crippen LogP contribution is 2.45. The largest absolute Gasteiger partial charge is 0.456 e. The first kappa shape index (κ1) is 33.6. The van der Waals surface area contributed by atoms with Gasteiger partial charge in [-0.3, -0.25) is 0 Å². The second-order valence-electron chi connectivity index (χ2n) is 14.9. The lowest BCUT2D eigenvalue weighted by atomic mass is 9.91. The molecule has 0 N–H and O–H groups in total. The molecular weight excluding hydrogens is 703 g/mol. The van der Waals surface area contributed by atoms with Gasteiger partial charge in [0.2, 0.25) is 0 Å². The Bertz CT molecular complexity index is 3290. The molecule has 11 rings (SSSR count). The van der Waals surface area contributed by atoms with Gasteiger partial charge in [-0.15, -0.1) is 0 Å². The average Bonchev–Trinajstić information content (AvgIpc) is 3.67. The molecule has 0 atom stereocenters. The van der Waals surface area contributed by atoms with Crippen molar-refractivity contribution >= 4 is 60.5 Å². The molecule has 1 heterocycles. The summed E-state index contributed by atoms with van der Waals surface area (Å²) in [7, 11) is 0. The number of para-hydroxylation sites is 2. The molecule has 272 valence electrons. The van der Waals surface area contributed by atoms with E-state index in [0.717, 1.165) is 55.7 Å². The van der Waals surface area contributed by atoms with E-state index in [1.165, 1.54) is 49.4 Å². The zero-order valence-corrected chi connectivity index (χ0v) is 31.7. The van der Waals surface area contributed by atoms with Gasteiger partial charge in [-0.05, 0) is 109 Å². The Balaban J connectivity index is 1.09. The van der Waals surface area contributed by atoms with Crippen molar-refractivity contribution in [1.82, 2.24) is 0 Å². The van der Waals surface area contributed by atoms with Gasteiger partial charge in [0, 0.05) is 27.7 Å². The Labute approximate surface area is 337 Å². The second kappa shape index (κ2) is 14.1. The van der Waals surface area contributed by atoms with Crippen LogP contribution in [0.1, 0.15) is 0 Å². The van der Waals surface area contributed by atoms with Gasteiger partial charge in [0.25, 0.3) is 0 Å². The van der Waals surface area contributed by atoms with Gasteiger partial charge in [0.1, 0.15) is 11.2 Å². The van der Waals surface area contributed by atoms with E-state index in [4.69, 9.17) is 4.42 Å². The van der Waals surface area contributed by atoms with Crippen LogP contribution in [0.5, 0.6) is 0 Å². The molecule has 0 aliphatic rings. The summed E-state index contributed by atoms with van der Waals surface area (Å²) in [6.07, 6.45) is 0. The summed E-state index contributed by atoms with van der Waals surface area (Å²) in [6.45, 7) is 0. The van der Waals surface area contributed by atoms with Crippen LogP contribution in [-0.4, -0.2) is 0 Å². The molecule has 0 radical (unpaired) electrons. The maximum absolute atomic E-state index is 6.24. The first-order valence-electron chi connectivity index (χ1n) is 19.8. The maximum atomic E-state index is 6.24. The fraction of sp³-hybridized carbons (Fsp3) is 0. The molecule has 11 aromatic rings. The lowest BCUT2D eigenvalue weighted by Gasteiger charge is -2.28. The van der Waals surface area contributed by atoms with Gasteiger partial charge in [0.15, 0.2) is 0 Å². The lowest BCUT2D eigenvalue weighted by molar-refractivity contribution is 0.669. The van der Waals surface area contributed by atoms with Crippen LogP contribution in [0.3, 0.4) is 0 Å². The highest BCUT2D eigenvalue weighted by molar-refractivity contribution is 6.07. The van der Waals surface area contributed by atoms with Crippen LogP contribution in [0.15, 0.2) is 229 Å². The van der Waals surface area contributed by atoms with Crippen LogP contribution >= 0.6 is 0 Å². The third-order valence-corrected chi connectivity index (χ3v) is 11.5. The van der Waals surface area contributed by atoms with Gasteiger partial charge in [-0.1, -0.05) is 176 Å². The zero-order chi connectivity index (χ0) is 38.4. The number of fused-ring (bicyclic) bond motifs is 5. The molecule has 2 heteroatoms. The van der Waals surface area contributed by atoms with E-state index in [-0.39, 0.29) is 0 Å². The molecule has 2 nitrogen and oxygen atoms in total. The first-order valence-corrected chi connectivity index (χ1v) is 19.8. The molecule has 0 fully saturated rings. The van der Waals surface area contributed by atoms with Crippen molar-refractivity contribution < 1.29 is 4.42 Å². The number of anilines is 3. The fourth-order valence-electron chi connectivity index (χ4n) is 8.74. The van der Waals surface area contributed by atoms with Crippen molar-refractivity contribution in [2.45, 2.75) is 0 Å². The molecule has 58 heavy (non-hydrogen) atoms. The molecule has 1 aromatic heterocycles. The summed E-state index contributed by atoms with van der Waals surface area (Å²) >= 11 is 0. The molecule has 0 saturated heterocycles. The summed E-state index contributed by atoms with van der Waals surface area (Å²) in [6, 6.07) is 80.8. The normalized spacial score (nSPS) is 11.4. The van der Waals surface area contributed by atoms with Gasteiger partial charge < -0.3 is 9.32 Å². The predicted octanol–water partition coefficient (Wildman–Crippen LogP) is 16.0. The maximum Gasteiger partial charge on any atom is 0.135 e. The van der Waals surface area contributed by atoms with Gasteiger partial charge in [-0.2, -0.15) is 0 Å². The minimum Gasteiger partial charge on any atom is -0.456 e. The Morgan fingerprint density at radius 2 is 0.810 bits per heavy atom. The molecule has 10 aromatic carbocycles. The minimum absolute atomic E-state index is 0.890. The molecule has 0 saturated carbocycles. The van der Waals surface area contributed by atoms with E-state index in [1.807, 2.05) is 12.1 Å². The zero-order valence-electron chi connectivity index (χ0n) is 31.7. The van der Waals surface area contributed by atoms with E-state index in [0.29, 0.717) is 0 Å². The Morgan fingerprint density at radius 1 is 0.276 bits per heavy atom. The number of hydrogen-bond acceptors (Lipinski definition) is 2. The highest BCUT2D eigenvalue weighted by atomic mass is 16.3. The fourth-order valence-corrected chi connectivity index (χ4v) is 8.74. The number of hydrogen-bond donors (Lipinski definition) is 0. The summed E-state index contributed by atoms with van der Waals surface area (Å²) < 4.78 is 6.24. The molecule has 0 bridgehead atoms. The quantitative estimate of drug-likeness (QED) is 0.162. The standard InChI is InChI=1S/C56H37NO/c1-3-20-45-38(14-1)16-12-26-46(45)40-30-33-43(34-31-40)57(54-28-9-7-23-49(54)42-32-35-56-53(37-42)52-25-8-10-29-55(52)58-56)44-19-11-18-41(36-44)48-22-5-6-24-50(48)51-27-13-17-39-15-2-4-21-47(39)51/h1-37H. The van der Waals surface area contributed by atoms with Gasteiger partial charge in [-0.25, -0.2) is 0 Å². The molecule has 0 aliphatic carbocycles. The molecule has 0 amide bonds. The number of nitrogens with zero attached hydrogens (tertiary/aromatic N) is 1. The monoisotopic (exact) mass is 739 g/mol. The van der Waals surface area contributed by atoms with Gasteiger partial charge in [0.05, 0.1) is 5.69 Å². The summed E-state index contributed by atoms with van der Waals surface area (Å²) in [5, 5.41) is 7.20. The third-order valence-electron chi connectivity index (χ3n) is 11.5. The number of furan rings is 1. The van der Waals surface area contributed by atoms with Crippen molar-refractivity contribution in [2.24, 2.45) is 0 Å². The Morgan fingerprint density at radius 3 is 1.60 bits per heavy atom. The predicted molar refractivity (Wildman–Crippen MR) is 245 cm³/mol. The Kier molecular flexibility index (Phi) is 8.19. The van der Waals surface area contributed by atoms with Crippen molar-refractivity contribution in [1.29, 1.82) is 0 Å². The third kappa shape index (κ3) is 5.82. The van der Waals surface area contributed by atoms with Crippen LogP contribution in [0.25, 0.3) is 88.0 Å². The number of rotatable bonds is 7. The van der Waals surface area contributed by atoms with Crippen molar-refractivity contribution in [3.63, 3.8) is 0 Å². The molecular formula is C56H37NO. The van der Waals surface area contributed by atoms with Crippen LogP contribution in [0.2, 0.25) is 0 Å². The minimum atomic E-state index is 0.890. The first-order chi connectivity index (χ1) is 28.8. The van der Waals surface area contributed by atoms with Crippen molar-refractivity contribution in [3.8, 4) is 44.5 Å². The van der Waals surface area contributed by atoms with Crippen LogP contribution in [0, 0.1) is 0 Å². The van der Waals surface area contributed by atoms with Crippen molar-refractivity contribution in [2.75, 3.05) is 4.90 Å². The van der Waals surface area contributed by atoms with Crippen LogP contribution in [-0.2, 0) is 0 Å². The van der Waals surface area contributed by atoms with Crippen molar-refractivity contribution in [3.05, 3.63) is 224 Å². The van der Waals surface area contributed by atoms with E-state index in [9.17, 15) is 0 Å². The van der Waals surface area contributed by atoms with E-state index in [2.05, 4.69) is 217 Å². The smallest absolute Gasteiger partial charge is 0.135 e. The topological polar surface area (TPSA) is 16.4 Å². The Hall–Kier alpha value is -7.68. The van der Waals surface area contributed by atoms with E-state index < -0.39 is 0 Å². The van der Waals surface area contributed by atoms with Gasteiger partial charge >= 0.3 is 0 Å². The SMILES string of the molecule is c1cc(-c2ccccc2-c2cccc3ccccc23)cc(N(c2ccc(-c3cccc4ccccc34)cc2)c2ccccc2-c2ccc3oc4ccccc4c3c2)c1. The summed E-state index contributed by atoms with van der Waals surface area (Å²) in [5.41, 5.74) is 14.5. The summed E-state index contributed by atoms with van der Waals surface area (Å²) in [5.74, 6) is 0.